The summed E-state index contributed by atoms with van der Waals surface area (Å²) in [6.45, 7) is 6.25. The van der Waals surface area contributed by atoms with E-state index >= 15 is 0 Å². The monoisotopic (exact) mass is 544 g/mol. The van der Waals surface area contributed by atoms with Gasteiger partial charge in [-0.3, -0.25) is 14.2 Å². The second kappa shape index (κ2) is 10.2. The van der Waals surface area contributed by atoms with Crippen molar-refractivity contribution in [1.82, 2.24) is 9.55 Å². The number of aromatic nitrogens is 2. The van der Waals surface area contributed by atoms with E-state index in [0.717, 1.165) is 49.5 Å². The number of hydrogen-bond acceptors (Lipinski definition) is 6. The molecule has 4 aliphatic rings. The summed E-state index contributed by atoms with van der Waals surface area (Å²) in [4.78, 5) is 29.8. The number of rotatable bonds is 9. The number of nitrogens with one attached hydrogen (secondary N) is 1. The molecule has 0 spiro atoms. The van der Waals surface area contributed by atoms with Crippen LogP contribution < -0.4 is 11.1 Å². The van der Waals surface area contributed by atoms with Crippen LogP contribution in [0.1, 0.15) is 80.3 Å². The molecule has 4 saturated carbocycles. The van der Waals surface area contributed by atoms with Crippen molar-refractivity contribution in [3.63, 3.8) is 0 Å². The van der Waals surface area contributed by atoms with E-state index in [4.69, 9.17) is 10.5 Å². The van der Waals surface area contributed by atoms with Gasteiger partial charge in [-0.2, -0.15) is 0 Å². The highest BCUT2D eigenvalue weighted by Crippen LogP contribution is 2.56. The number of amides is 1. The summed E-state index contributed by atoms with van der Waals surface area (Å²) in [6.07, 6.45) is 9.07. The zero-order chi connectivity index (χ0) is 28.2. The number of hydrogen-bond donors (Lipinski definition) is 3. The number of anilines is 1. The van der Waals surface area contributed by atoms with E-state index in [1.165, 1.54) is 11.8 Å². The van der Waals surface area contributed by atoms with E-state index < -0.39 is 17.4 Å². The maximum absolute atomic E-state index is 12.9. The average molecular weight is 545 g/mol. The zero-order valence-electron chi connectivity index (χ0n) is 23.6. The lowest BCUT2D eigenvalue weighted by molar-refractivity contribution is -0.148. The van der Waals surface area contributed by atoms with Crippen LogP contribution in [0.5, 0.6) is 0 Å². The van der Waals surface area contributed by atoms with Crippen LogP contribution >= 0.6 is 0 Å². The van der Waals surface area contributed by atoms with Crippen molar-refractivity contribution in [3.8, 4) is 0 Å². The van der Waals surface area contributed by atoms with Crippen molar-refractivity contribution < 1.29 is 19.4 Å². The Balaban J connectivity index is 1.19. The number of ether oxygens (including phenoxy) is 1. The Morgan fingerprint density at radius 1 is 1.12 bits per heavy atom. The number of esters is 1. The van der Waals surface area contributed by atoms with Gasteiger partial charge in [0.15, 0.2) is 6.73 Å². The Hall–Kier alpha value is -3.39. The summed E-state index contributed by atoms with van der Waals surface area (Å²) in [5.74, 6) is 0.656. The maximum atomic E-state index is 12.9. The first-order valence-corrected chi connectivity index (χ1v) is 14.6. The molecular weight excluding hydrogens is 504 g/mol. The average Bonchev–Trinajstić information content (AvgIpc) is 3.31. The van der Waals surface area contributed by atoms with Gasteiger partial charge in [-0.25, -0.2) is 4.98 Å². The van der Waals surface area contributed by atoms with Crippen LogP contribution in [0.3, 0.4) is 0 Å². The molecule has 8 heteroatoms. The molecule has 2 unspecified atom stereocenters. The first kappa shape index (κ1) is 26.8. The molecular formula is C32H40N4O4. The third-order valence-corrected chi connectivity index (χ3v) is 9.43. The summed E-state index contributed by atoms with van der Waals surface area (Å²) < 4.78 is 7.48. The lowest BCUT2D eigenvalue weighted by atomic mass is 9.52. The lowest BCUT2D eigenvalue weighted by Gasteiger charge is -2.58. The van der Waals surface area contributed by atoms with Crippen molar-refractivity contribution in [1.29, 1.82) is 0 Å². The first-order valence-electron chi connectivity index (χ1n) is 14.6. The number of primary amides is 1. The van der Waals surface area contributed by atoms with Gasteiger partial charge in [-0.05, 0) is 86.3 Å². The molecule has 1 aromatic carbocycles. The fraction of sp³-hybridized carbons (Fsp3) is 0.531. The first-order chi connectivity index (χ1) is 19.1. The van der Waals surface area contributed by atoms with E-state index in [2.05, 4.69) is 36.3 Å². The van der Waals surface area contributed by atoms with E-state index in [9.17, 15) is 14.7 Å². The Morgan fingerprint density at radius 2 is 1.82 bits per heavy atom. The van der Waals surface area contributed by atoms with Gasteiger partial charge in [0.2, 0.25) is 0 Å². The van der Waals surface area contributed by atoms with Crippen LogP contribution in [0.25, 0.3) is 11.0 Å². The Morgan fingerprint density at radius 3 is 2.45 bits per heavy atom. The molecule has 2 heterocycles. The Labute approximate surface area is 235 Å². The molecule has 7 rings (SSSR count). The summed E-state index contributed by atoms with van der Waals surface area (Å²) >= 11 is 0. The highest BCUT2D eigenvalue weighted by Gasteiger charge is 2.54. The SMILES string of the molecule is CC(C)Cc1ccc([C@H](C)C(=O)OCn2ccc3c(NC4C5CC6CC4CC(O)(C6)C5)c(C(N)=O)cnc32)cc1. The molecule has 2 aromatic heterocycles. The minimum atomic E-state index is -0.535. The largest absolute Gasteiger partial charge is 0.443 e. The third-order valence-electron chi connectivity index (χ3n) is 9.43. The molecule has 3 aromatic rings. The number of fused-ring (bicyclic) bond motifs is 1. The molecule has 4 N–H and O–H groups in total. The standard InChI is InChI=1S/C32H40N4O4/c1-18(2)10-20-4-6-22(7-5-20)19(3)31(38)40-17-36-9-8-25-28(26(29(33)37)16-34-30(25)36)35-27-23-11-21-12-24(27)15-32(39,13-21)14-23/h4-9,16,18-19,21,23-24,27,39H,10-15,17H2,1-3H3,(H2,33,37)(H,34,35)/t19-,21?,23?,24?,27?,32?/m0/s1. The molecule has 4 fully saturated rings. The zero-order valence-corrected chi connectivity index (χ0v) is 23.6. The van der Waals surface area contributed by atoms with Gasteiger partial charge >= 0.3 is 5.97 Å². The minimum absolute atomic E-state index is 0.0177. The molecule has 40 heavy (non-hydrogen) atoms. The third kappa shape index (κ3) is 4.98. The summed E-state index contributed by atoms with van der Waals surface area (Å²) in [5.41, 5.74) is 9.07. The van der Waals surface area contributed by atoms with Crippen LogP contribution in [0, 0.1) is 23.7 Å². The predicted octanol–water partition coefficient (Wildman–Crippen LogP) is 4.99. The second-order valence-electron chi connectivity index (χ2n) is 13.0. The van der Waals surface area contributed by atoms with Gasteiger partial charge in [0.1, 0.15) is 5.65 Å². The molecule has 4 aliphatic carbocycles. The van der Waals surface area contributed by atoms with Crippen molar-refractivity contribution in [2.75, 3.05) is 5.32 Å². The summed E-state index contributed by atoms with van der Waals surface area (Å²) in [7, 11) is 0. The summed E-state index contributed by atoms with van der Waals surface area (Å²) in [5, 5.41) is 15.5. The van der Waals surface area contributed by atoms with Crippen molar-refractivity contribution in [3.05, 3.63) is 59.4 Å². The van der Waals surface area contributed by atoms with Gasteiger partial charge < -0.3 is 20.9 Å². The van der Waals surface area contributed by atoms with Crippen molar-refractivity contribution in [2.45, 2.75) is 83.6 Å². The molecule has 0 aliphatic heterocycles. The molecule has 4 bridgehead atoms. The maximum Gasteiger partial charge on any atom is 0.314 e. The number of carbonyl (C=O) groups excluding carboxylic acids is 2. The van der Waals surface area contributed by atoms with E-state index in [1.807, 2.05) is 31.3 Å². The number of nitrogens with two attached hydrogens (primary N) is 1. The Bertz CT molecular complexity index is 1410. The van der Waals surface area contributed by atoms with Gasteiger partial charge in [0.05, 0.1) is 22.8 Å². The highest BCUT2D eigenvalue weighted by molar-refractivity contribution is 6.06. The van der Waals surface area contributed by atoms with E-state index in [0.29, 0.717) is 40.6 Å². The molecule has 3 atom stereocenters. The molecule has 0 saturated heterocycles. The quantitative estimate of drug-likeness (QED) is 0.327. The number of aliphatic hydroxyl groups is 1. The van der Waals surface area contributed by atoms with Crippen LogP contribution in [0.15, 0.2) is 42.7 Å². The number of benzene rings is 1. The molecule has 1 amide bonds. The predicted molar refractivity (Wildman–Crippen MR) is 154 cm³/mol. The topological polar surface area (TPSA) is 119 Å². The number of carbonyl (C=O) groups is 2. The van der Waals surface area contributed by atoms with E-state index in [-0.39, 0.29) is 18.7 Å². The molecule has 0 radical (unpaired) electrons. The summed E-state index contributed by atoms with van der Waals surface area (Å²) in [6, 6.07) is 10.2. The lowest BCUT2D eigenvalue weighted by Crippen LogP contribution is -2.59. The second-order valence-corrected chi connectivity index (χ2v) is 13.0. The van der Waals surface area contributed by atoms with Gasteiger partial charge in [0.25, 0.3) is 5.91 Å². The van der Waals surface area contributed by atoms with Crippen molar-refractivity contribution in [2.24, 2.45) is 29.4 Å². The van der Waals surface area contributed by atoms with E-state index in [1.54, 1.807) is 4.57 Å². The fourth-order valence-electron chi connectivity index (χ4n) is 7.78. The molecule has 8 nitrogen and oxygen atoms in total. The fourth-order valence-corrected chi connectivity index (χ4v) is 7.78. The Kier molecular flexibility index (Phi) is 6.85. The van der Waals surface area contributed by atoms with Gasteiger partial charge in [0, 0.05) is 23.8 Å². The minimum Gasteiger partial charge on any atom is -0.443 e. The molecule has 212 valence electrons. The number of pyridine rings is 1. The van der Waals surface area contributed by atoms with Crippen molar-refractivity contribution >= 4 is 28.6 Å². The number of nitrogens with zero attached hydrogens (tertiary/aromatic N) is 2. The van der Waals surface area contributed by atoms with Gasteiger partial charge in [-0.15, -0.1) is 0 Å². The van der Waals surface area contributed by atoms with Crippen LogP contribution in [-0.2, 0) is 22.7 Å². The highest BCUT2D eigenvalue weighted by atomic mass is 16.5. The van der Waals surface area contributed by atoms with Crippen LogP contribution in [0.2, 0.25) is 0 Å². The van der Waals surface area contributed by atoms with Crippen LogP contribution in [0.4, 0.5) is 5.69 Å². The smallest absolute Gasteiger partial charge is 0.314 e. The normalized spacial score (nSPS) is 27.7. The van der Waals surface area contributed by atoms with Crippen LogP contribution in [-0.4, -0.2) is 38.2 Å². The van der Waals surface area contributed by atoms with Gasteiger partial charge in [-0.1, -0.05) is 38.1 Å².